The van der Waals surface area contributed by atoms with E-state index >= 15 is 0 Å². The quantitative estimate of drug-likeness (QED) is 0.869. The Morgan fingerprint density at radius 2 is 2.00 bits per heavy atom. The number of rotatable bonds is 6. The Kier molecular flexibility index (Phi) is 5.68. The van der Waals surface area contributed by atoms with E-state index in [2.05, 4.69) is 18.3 Å². The predicted molar refractivity (Wildman–Crippen MR) is 79.5 cm³/mol. The van der Waals surface area contributed by atoms with Crippen LogP contribution < -0.4 is 14.8 Å². The van der Waals surface area contributed by atoms with Crippen LogP contribution in [-0.4, -0.2) is 34.0 Å². The molecule has 1 N–H and O–H groups in total. The molecule has 0 amide bonds. The minimum Gasteiger partial charge on any atom is -0.493 e. The highest BCUT2D eigenvalue weighted by Crippen LogP contribution is 2.39. The van der Waals surface area contributed by atoms with Crippen LogP contribution in [-0.2, 0) is 4.74 Å². The topological polar surface area (TPSA) is 39.7 Å². The highest BCUT2D eigenvalue weighted by atomic mass is 16.5. The monoisotopic (exact) mass is 279 g/mol. The van der Waals surface area contributed by atoms with Crippen molar-refractivity contribution in [3.8, 4) is 11.5 Å². The first-order valence-corrected chi connectivity index (χ1v) is 7.33. The Hall–Kier alpha value is -1.26. The maximum Gasteiger partial charge on any atom is 0.165 e. The molecule has 20 heavy (non-hydrogen) atoms. The molecular formula is C16H25NO3. The lowest BCUT2D eigenvalue weighted by molar-refractivity contribution is 0.0534. The second-order valence-corrected chi connectivity index (χ2v) is 5.07. The van der Waals surface area contributed by atoms with E-state index in [9.17, 15) is 0 Å². The summed E-state index contributed by atoms with van der Waals surface area (Å²) in [5.74, 6) is 2.21. The highest BCUT2D eigenvalue weighted by Gasteiger charge is 2.28. The summed E-state index contributed by atoms with van der Waals surface area (Å²) in [6, 6.07) is 6.38. The van der Waals surface area contributed by atoms with Crippen molar-refractivity contribution in [1.29, 1.82) is 0 Å². The van der Waals surface area contributed by atoms with Gasteiger partial charge in [-0.3, -0.25) is 0 Å². The van der Waals surface area contributed by atoms with Crippen molar-refractivity contribution >= 4 is 0 Å². The fraction of sp³-hybridized carbons (Fsp3) is 0.625. The van der Waals surface area contributed by atoms with Gasteiger partial charge in [-0.15, -0.1) is 0 Å². The van der Waals surface area contributed by atoms with Crippen molar-refractivity contribution in [3.05, 3.63) is 23.8 Å². The molecule has 1 atom stereocenters. The standard InChI is InChI=1S/C16H25NO3/c1-4-17-15(12-8-10-20-11-9-12)13-6-5-7-14(18-2)16(13)19-3/h5-7,12,15,17H,4,8-11H2,1-3H3. The number of ether oxygens (including phenoxy) is 3. The van der Waals surface area contributed by atoms with E-state index < -0.39 is 0 Å². The van der Waals surface area contributed by atoms with Gasteiger partial charge in [-0.25, -0.2) is 0 Å². The summed E-state index contributed by atoms with van der Waals surface area (Å²) < 4.78 is 16.5. The summed E-state index contributed by atoms with van der Waals surface area (Å²) in [6.45, 7) is 4.76. The molecule has 2 rings (SSSR count). The Balaban J connectivity index is 2.32. The van der Waals surface area contributed by atoms with Gasteiger partial charge in [0.25, 0.3) is 0 Å². The molecule has 0 radical (unpaired) electrons. The average Bonchev–Trinajstić information content (AvgIpc) is 2.52. The number of benzene rings is 1. The Labute approximate surface area is 121 Å². The van der Waals surface area contributed by atoms with Crippen LogP contribution in [0.3, 0.4) is 0 Å². The molecule has 0 aliphatic carbocycles. The molecule has 0 spiro atoms. The third-order valence-electron chi connectivity index (χ3n) is 3.93. The molecule has 1 fully saturated rings. The Bertz CT molecular complexity index is 416. The lowest BCUT2D eigenvalue weighted by atomic mass is 9.86. The molecule has 1 unspecified atom stereocenters. The van der Waals surface area contributed by atoms with Gasteiger partial charge >= 0.3 is 0 Å². The molecule has 112 valence electrons. The van der Waals surface area contributed by atoms with Crippen LogP contribution in [0.4, 0.5) is 0 Å². The molecule has 1 aliphatic rings. The lowest BCUT2D eigenvalue weighted by Crippen LogP contribution is -2.32. The van der Waals surface area contributed by atoms with E-state index in [1.54, 1.807) is 14.2 Å². The third-order valence-corrected chi connectivity index (χ3v) is 3.93. The molecular weight excluding hydrogens is 254 g/mol. The Morgan fingerprint density at radius 3 is 2.60 bits per heavy atom. The van der Waals surface area contributed by atoms with E-state index in [0.717, 1.165) is 44.1 Å². The predicted octanol–water partition coefficient (Wildman–Crippen LogP) is 2.78. The number of methoxy groups -OCH3 is 2. The summed E-state index contributed by atoms with van der Waals surface area (Å²) in [7, 11) is 3.38. The van der Waals surface area contributed by atoms with Crippen molar-refractivity contribution in [2.45, 2.75) is 25.8 Å². The molecule has 1 aromatic rings. The molecule has 1 aromatic carbocycles. The zero-order valence-electron chi connectivity index (χ0n) is 12.6. The number of nitrogens with one attached hydrogen (secondary N) is 1. The van der Waals surface area contributed by atoms with Gasteiger partial charge in [0.1, 0.15) is 0 Å². The number of hydrogen-bond acceptors (Lipinski definition) is 4. The van der Waals surface area contributed by atoms with Gasteiger partial charge in [-0.1, -0.05) is 19.1 Å². The summed E-state index contributed by atoms with van der Waals surface area (Å²) >= 11 is 0. The van der Waals surface area contributed by atoms with Crippen LogP contribution in [0.5, 0.6) is 11.5 Å². The normalized spacial score (nSPS) is 17.8. The molecule has 4 heteroatoms. The van der Waals surface area contributed by atoms with Gasteiger partial charge in [0.2, 0.25) is 0 Å². The first-order valence-electron chi connectivity index (χ1n) is 7.33. The van der Waals surface area contributed by atoms with Gasteiger partial charge in [0.05, 0.1) is 14.2 Å². The van der Waals surface area contributed by atoms with Crippen LogP contribution in [0.1, 0.15) is 31.4 Å². The van der Waals surface area contributed by atoms with Crippen molar-refractivity contribution in [2.75, 3.05) is 34.0 Å². The summed E-state index contributed by atoms with van der Waals surface area (Å²) in [5, 5.41) is 3.60. The smallest absolute Gasteiger partial charge is 0.165 e. The zero-order valence-corrected chi connectivity index (χ0v) is 12.6. The minimum atomic E-state index is 0.286. The molecule has 0 saturated carbocycles. The van der Waals surface area contributed by atoms with Crippen LogP contribution in [0, 0.1) is 5.92 Å². The van der Waals surface area contributed by atoms with Crippen molar-refractivity contribution in [2.24, 2.45) is 5.92 Å². The fourth-order valence-electron chi connectivity index (χ4n) is 2.96. The molecule has 1 aliphatic heterocycles. The first kappa shape index (κ1) is 15.1. The molecule has 0 aromatic heterocycles. The van der Waals surface area contributed by atoms with Crippen molar-refractivity contribution in [3.63, 3.8) is 0 Å². The third kappa shape index (κ3) is 3.25. The van der Waals surface area contributed by atoms with E-state index in [-0.39, 0.29) is 6.04 Å². The molecule has 0 bridgehead atoms. The van der Waals surface area contributed by atoms with Crippen molar-refractivity contribution in [1.82, 2.24) is 5.32 Å². The Morgan fingerprint density at radius 1 is 1.25 bits per heavy atom. The van der Waals surface area contributed by atoms with Gasteiger partial charge in [0, 0.05) is 24.8 Å². The van der Waals surface area contributed by atoms with Crippen LogP contribution >= 0.6 is 0 Å². The minimum absolute atomic E-state index is 0.286. The molecule has 1 heterocycles. The van der Waals surface area contributed by atoms with Crippen LogP contribution in [0.15, 0.2) is 18.2 Å². The fourth-order valence-corrected chi connectivity index (χ4v) is 2.96. The van der Waals surface area contributed by atoms with Crippen molar-refractivity contribution < 1.29 is 14.2 Å². The number of hydrogen-bond donors (Lipinski definition) is 1. The second-order valence-electron chi connectivity index (χ2n) is 5.07. The van der Waals surface area contributed by atoms with E-state index in [0.29, 0.717) is 5.92 Å². The van der Waals surface area contributed by atoms with Crippen LogP contribution in [0.25, 0.3) is 0 Å². The SMILES string of the molecule is CCNC(c1cccc(OC)c1OC)C1CCOCC1. The van der Waals surface area contributed by atoms with Crippen LogP contribution in [0.2, 0.25) is 0 Å². The average molecular weight is 279 g/mol. The van der Waals surface area contributed by atoms with E-state index in [1.165, 1.54) is 5.56 Å². The van der Waals surface area contributed by atoms with Gasteiger partial charge < -0.3 is 19.5 Å². The highest BCUT2D eigenvalue weighted by molar-refractivity contribution is 5.48. The van der Waals surface area contributed by atoms with Gasteiger partial charge in [-0.2, -0.15) is 0 Å². The summed E-state index contributed by atoms with van der Waals surface area (Å²) in [5.41, 5.74) is 1.18. The van der Waals surface area contributed by atoms with E-state index in [4.69, 9.17) is 14.2 Å². The molecule has 1 saturated heterocycles. The van der Waals surface area contributed by atoms with E-state index in [1.807, 2.05) is 12.1 Å². The summed E-state index contributed by atoms with van der Waals surface area (Å²) in [6.07, 6.45) is 2.16. The van der Waals surface area contributed by atoms with Gasteiger partial charge in [0.15, 0.2) is 11.5 Å². The molecule has 4 nitrogen and oxygen atoms in total. The number of para-hydroxylation sites is 1. The zero-order chi connectivity index (χ0) is 14.4. The summed E-state index contributed by atoms with van der Waals surface area (Å²) in [4.78, 5) is 0. The maximum absolute atomic E-state index is 5.59. The maximum atomic E-state index is 5.59. The second kappa shape index (κ2) is 7.50. The lowest BCUT2D eigenvalue weighted by Gasteiger charge is -2.32. The first-order chi connectivity index (χ1) is 9.81. The largest absolute Gasteiger partial charge is 0.493 e. The van der Waals surface area contributed by atoms with Gasteiger partial charge in [-0.05, 0) is 31.4 Å².